The van der Waals surface area contributed by atoms with Gasteiger partial charge in [0.25, 0.3) is 5.91 Å². The molecule has 9 heteroatoms. The summed E-state index contributed by atoms with van der Waals surface area (Å²) in [5.74, 6) is 0.452. The summed E-state index contributed by atoms with van der Waals surface area (Å²) in [7, 11) is 3.06. The zero-order valence-corrected chi connectivity index (χ0v) is 17.8. The van der Waals surface area contributed by atoms with Gasteiger partial charge in [0.2, 0.25) is 5.91 Å². The van der Waals surface area contributed by atoms with Gasteiger partial charge in [-0.15, -0.1) is 0 Å². The van der Waals surface area contributed by atoms with E-state index in [-0.39, 0.29) is 18.9 Å². The third-order valence-corrected chi connectivity index (χ3v) is 5.73. The van der Waals surface area contributed by atoms with Gasteiger partial charge in [0.05, 0.1) is 27.2 Å². The Morgan fingerprint density at radius 3 is 2.70 bits per heavy atom. The van der Waals surface area contributed by atoms with E-state index in [0.717, 1.165) is 36.4 Å². The Hall–Kier alpha value is -2.81. The van der Waals surface area contributed by atoms with Gasteiger partial charge in [0.1, 0.15) is 6.04 Å². The van der Waals surface area contributed by atoms with Crippen LogP contribution in [0.4, 0.5) is 4.79 Å². The van der Waals surface area contributed by atoms with E-state index in [1.54, 1.807) is 18.2 Å². The van der Waals surface area contributed by atoms with Crippen molar-refractivity contribution in [3.63, 3.8) is 0 Å². The van der Waals surface area contributed by atoms with Gasteiger partial charge in [-0.2, -0.15) is 0 Å². The number of nitrogens with one attached hydrogen (secondary N) is 2. The molecule has 1 aromatic carbocycles. The minimum Gasteiger partial charge on any atom is -0.493 e. The second kappa shape index (κ2) is 9.80. The molecule has 2 aliphatic rings. The predicted molar refractivity (Wildman–Crippen MR) is 110 cm³/mol. The summed E-state index contributed by atoms with van der Waals surface area (Å²) in [6.45, 7) is 4.79. The van der Waals surface area contributed by atoms with E-state index in [4.69, 9.17) is 9.47 Å². The van der Waals surface area contributed by atoms with Crippen LogP contribution in [-0.2, 0) is 16.1 Å². The minimum atomic E-state index is -0.844. The Labute approximate surface area is 176 Å². The normalized spacial score (nSPS) is 21.6. The quantitative estimate of drug-likeness (QED) is 0.583. The molecule has 0 spiro atoms. The van der Waals surface area contributed by atoms with Gasteiger partial charge in [0.15, 0.2) is 11.5 Å². The number of methoxy groups -OCH3 is 2. The maximum atomic E-state index is 12.7. The Kier molecular flexibility index (Phi) is 7.15. The number of carbonyl (C=O) groups is 3. The Morgan fingerprint density at radius 2 is 2.00 bits per heavy atom. The van der Waals surface area contributed by atoms with E-state index in [0.29, 0.717) is 24.1 Å². The summed E-state index contributed by atoms with van der Waals surface area (Å²) in [5.41, 5.74) is 0.724. The smallest absolute Gasteiger partial charge is 0.325 e. The number of nitrogens with zero attached hydrogens (tertiary/aromatic N) is 2. The maximum absolute atomic E-state index is 12.7. The molecule has 2 N–H and O–H groups in total. The molecule has 2 atom stereocenters. The highest BCUT2D eigenvalue weighted by Crippen LogP contribution is 2.28. The van der Waals surface area contributed by atoms with E-state index < -0.39 is 18.0 Å². The van der Waals surface area contributed by atoms with Crippen molar-refractivity contribution in [1.29, 1.82) is 0 Å². The number of hydrogen-bond donors (Lipinski definition) is 2. The summed E-state index contributed by atoms with van der Waals surface area (Å²) >= 11 is 0. The van der Waals surface area contributed by atoms with Crippen LogP contribution in [0.5, 0.6) is 11.5 Å². The summed E-state index contributed by atoms with van der Waals surface area (Å²) in [5, 5.41) is 5.52. The molecule has 0 bridgehead atoms. The molecule has 0 unspecified atom stereocenters. The number of hydrogen-bond acceptors (Lipinski definition) is 6. The van der Waals surface area contributed by atoms with Crippen LogP contribution in [0.3, 0.4) is 0 Å². The highest BCUT2D eigenvalue weighted by molar-refractivity contribution is 6.05. The highest BCUT2D eigenvalue weighted by Gasteiger charge is 2.39. The van der Waals surface area contributed by atoms with Crippen LogP contribution < -0.4 is 20.1 Å². The highest BCUT2D eigenvalue weighted by atomic mass is 16.5. The lowest BCUT2D eigenvalue weighted by Gasteiger charge is -2.23. The first-order chi connectivity index (χ1) is 14.5. The number of urea groups is 1. The zero-order chi connectivity index (χ0) is 21.7. The third-order valence-electron chi connectivity index (χ3n) is 5.73. The Bertz CT molecular complexity index is 800. The molecule has 0 saturated carbocycles. The SMILES string of the molecule is CCN1CCC[C@H]1CNC(=O)C[C@H]1NC(=O)N(Cc2ccc(OC)c(OC)c2)C1=O. The third kappa shape index (κ3) is 4.84. The zero-order valence-electron chi connectivity index (χ0n) is 17.8. The van der Waals surface area contributed by atoms with Gasteiger partial charge in [-0.1, -0.05) is 13.0 Å². The number of likely N-dealkylation sites (tertiary alicyclic amines) is 1. The van der Waals surface area contributed by atoms with E-state index in [1.165, 1.54) is 14.2 Å². The molecule has 0 aromatic heterocycles. The number of benzene rings is 1. The van der Waals surface area contributed by atoms with Gasteiger partial charge in [-0.3, -0.25) is 19.4 Å². The molecule has 4 amide bonds. The fourth-order valence-corrected chi connectivity index (χ4v) is 4.06. The second-order valence-corrected chi connectivity index (χ2v) is 7.55. The van der Waals surface area contributed by atoms with Gasteiger partial charge >= 0.3 is 6.03 Å². The van der Waals surface area contributed by atoms with Crippen LogP contribution in [-0.4, -0.2) is 73.6 Å². The minimum absolute atomic E-state index is 0.0636. The summed E-state index contributed by atoms with van der Waals surface area (Å²) in [6.07, 6.45) is 2.13. The number of imide groups is 1. The van der Waals surface area contributed by atoms with Gasteiger partial charge in [-0.05, 0) is 43.6 Å². The van der Waals surface area contributed by atoms with E-state index in [9.17, 15) is 14.4 Å². The van der Waals surface area contributed by atoms with Crippen molar-refractivity contribution in [3.8, 4) is 11.5 Å². The van der Waals surface area contributed by atoms with Gasteiger partial charge in [0, 0.05) is 12.6 Å². The number of likely N-dealkylation sites (N-methyl/N-ethyl adjacent to an activating group) is 1. The molecule has 2 aliphatic heterocycles. The molecule has 3 rings (SSSR count). The van der Waals surface area contributed by atoms with Crippen molar-refractivity contribution in [3.05, 3.63) is 23.8 Å². The fraction of sp³-hybridized carbons (Fsp3) is 0.571. The molecule has 0 aliphatic carbocycles. The van der Waals surface area contributed by atoms with Gasteiger partial charge in [-0.25, -0.2) is 4.79 Å². The van der Waals surface area contributed by atoms with Crippen LogP contribution in [0.15, 0.2) is 18.2 Å². The molecular formula is C21H30N4O5. The van der Waals surface area contributed by atoms with Crippen molar-refractivity contribution in [2.75, 3.05) is 33.9 Å². The number of carbonyl (C=O) groups excluding carboxylic acids is 3. The number of ether oxygens (including phenoxy) is 2. The summed E-state index contributed by atoms with van der Waals surface area (Å²) < 4.78 is 10.5. The van der Waals surface area contributed by atoms with Gasteiger partial charge < -0.3 is 20.1 Å². The van der Waals surface area contributed by atoms with Crippen LogP contribution in [0, 0.1) is 0 Å². The lowest BCUT2D eigenvalue weighted by molar-refractivity contribution is -0.131. The number of amides is 4. The van der Waals surface area contributed by atoms with Crippen molar-refractivity contribution < 1.29 is 23.9 Å². The lowest BCUT2D eigenvalue weighted by Crippen LogP contribution is -2.42. The maximum Gasteiger partial charge on any atom is 0.325 e. The first-order valence-electron chi connectivity index (χ1n) is 10.3. The molecule has 164 valence electrons. The topological polar surface area (TPSA) is 100 Å². The molecular weight excluding hydrogens is 388 g/mol. The van der Waals surface area contributed by atoms with Crippen molar-refractivity contribution in [2.24, 2.45) is 0 Å². The van der Waals surface area contributed by atoms with Crippen molar-refractivity contribution in [1.82, 2.24) is 20.4 Å². The largest absolute Gasteiger partial charge is 0.493 e. The van der Waals surface area contributed by atoms with Crippen LogP contribution in [0.2, 0.25) is 0 Å². The molecule has 1 aromatic rings. The molecule has 9 nitrogen and oxygen atoms in total. The van der Waals surface area contributed by atoms with E-state index in [1.807, 2.05) is 0 Å². The van der Waals surface area contributed by atoms with Crippen molar-refractivity contribution >= 4 is 17.8 Å². The lowest BCUT2D eigenvalue weighted by atomic mass is 10.1. The Balaban J connectivity index is 1.55. The second-order valence-electron chi connectivity index (χ2n) is 7.55. The van der Waals surface area contributed by atoms with Crippen molar-refractivity contribution in [2.45, 2.75) is 44.8 Å². The van der Waals surface area contributed by atoms with E-state index >= 15 is 0 Å². The molecule has 2 saturated heterocycles. The Morgan fingerprint density at radius 1 is 1.23 bits per heavy atom. The van der Waals surface area contributed by atoms with Crippen LogP contribution >= 0.6 is 0 Å². The predicted octanol–water partition coefficient (Wildman–Crippen LogP) is 1.11. The monoisotopic (exact) mass is 418 g/mol. The van der Waals surface area contributed by atoms with Crippen LogP contribution in [0.1, 0.15) is 31.7 Å². The fourth-order valence-electron chi connectivity index (χ4n) is 4.06. The molecule has 30 heavy (non-hydrogen) atoms. The first-order valence-corrected chi connectivity index (χ1v) is 10.3. The first kappa shape index (κ1) is 21.9. The molecule has 2 fully saturated rings. The average molecular weight is 418 g/mol. The average Bonchev–Trinajstić information content (AvgIpc) is 3.31. The standard InChI is InChI=1S/C21H30N4O5/c1-4-24-9-5-6-15(24)12-22-19(26)11-16-20(27)25(21(28)23-16)13-14-7-8-17(29-2)18(10-14)30-3/h7-8,10,15-16H,4-6,9,11-13H2,1-3H3,(H,22,26)(H,23,28)/t15-,16+/m0/s1. The van der Waals surface area contributed by atoms with Crippen LogP contribution in [0.25, 0.3) is 0 Å². The van der Waals surface area contributed by atoms with E-state index in [2.05, 4.69) is 22.5 Å². The number of rotatable bonds is 9. The molecule has 2 heterocycles. The molecule has 0 radical (unpaired) electrons. The summed E-state index contributed by atoms with van der Waals surface area (Å²) in [4.78, 5) is 40.8. The summed E-state index contributed by atoms with van der Waals surface area (Å²) in [6, 6.07) is 4.21.